The summed E-state index contributed by atoms with van der Waals surface area (Å²) in [6.45, 7) is 6.16. The van der Waals surface area contributed by atoms with E-state index in [-0.39, 0.29) is 10.8 Å². The van der Waals surface area contributed by atoms with Gasteiger partial charge >= 0.3 is 10.1 Å². The van der Waals surface area contributed by atoms with Crippen molar-refractivity contribution >= 4 is 32.4 Å². The molecule has 4 rings (SSSR count). The Labute approximate surface area is 184 Å². The number of aromatic nitrogens is 3. The van der Waals surface area contributed by atoms with E-state index < -0.39 is 10.1 Å². The summed E-state index contributed by atoms with van der Waals surface area (Å²) in [7, 11) is -4.34. The fourth-order valence-corrected chi connectivity index (χ4v) is 5.90. The Morgan fingerprint density at radius 2 is 1.87 bits per heavy atom. The molecule has 0 saturated carbocycles. The number of benzene rings is 1. The standard InChI is InChI=1S/C22H23N3O4S2/c1-13-8-21-20(15(3)24-13)11-23-25(21)12-16-4-5-18(17(10-16)6-7-26)19-9-14(2)30-22(19)31(27,28)29/h4-5,8-11,26H,6-7,12H2,1-3H3,(H,27,28,29). The van der Waals surface area contributed by atoms with Gasteiger partial charge in [0.15, 0.2) is 4.21 Å². The van der Waals surface area contributed by atoms with Gasteiger partial charge in [-0.25, -0.2) is 0 Å². The smallest absolute Gasteiger partial charge is 0.304 e. The van der Waals surface area contributed by atoms with E-state index in [1.54, 1.807) is 13.0 Å². The average molecular weight is 458 g/mol. The Balaban J connectivity index is 1.78. The zero-order valence-electron chi connectivity index (χ0n) is 17.5. The minimum atomic E-state index is -4.34. The summed E-state index contributed by atoms with van der Waals surface area (Å²) >= 11 is 1.03. The van der Waals surface area contributed by atoms with Crippen LogP contribution in [0.2, 0.25) is 0 Å². The third kappa shape index (κ3) is 4.27. The normalized spacial score (nSPS) is 12.0. The first-order valence-electron chi connectivity index (χ1n) is 9.78. The number of aliphatic hydroxyl groups is 1. The van der Waals surface area contributed by atoms with Crippen LogP contribution in [0.1, 0.15) is 27.4 Å². The number of nitrogens with zero attached hydrogens (tertiary/aromatic N) is 3. The lowest BCUT2D eigenvalue weighted by Gasteiger charge is -2.12. The van der Waals surface area contributed by atoms with Crippen LogP contribution in [0.25, 0.3) is 22.0 Å². The number of hydrogen-bond acceptors (Lipinski definition) is 6. The summed E-state index contributed by atoms with van der Waals surface area (Å²) in [5.41, 5.74) is 5.80. The van der Waals surface area contributed by atoms with Crippen molar-refractivity contribution < 1.29 is 18.1 Å². The zero-order chi connectivity index (χ0) is 22.3. The Hall–Kier alpha value is -2.59. The van der Waals surface area contributed by atoms with Crippen LogP contribution < -0.4 is 0 Å². The molecule has 162 valence electrons. The maximum Gasteiger partial charge on any atom is 0.304 e. The number of hydrogen-bond donors (Lipinski definition) is 2. The van der Waals surface area contributed by atoms with Crippen LogP contribution in [0.4, 0.5) is 0 Å². The van der Waals surface area contributed by atoms with Crippen LogP contribution in [-0.4, -0.2) is 39.4 Å². The van der Waals surface area contributed by atoms with E-state index in [9.17, 15) is 18.1 Å². The third-order valence-corrected chi connectivity index (χ3v) is 7.60. The fourth-order valence-electron chi connectivity index (χ4n) is 3.89. The van der Waals surface area contributed by atoms with Gasteiger partial charge in [0.25, 0.3) is 0 Å². The van der Waals surface area contributed by atoms with Crippen molar-refractivity contribution in [3.8, 4) is 11.1 Å². The largest absolute Gasteiger partial charge is 0.396 e. The van der Waals surface area contributed by atoms with Gasteiger partial charge in [0.2, 0.25) is 0 Å². The highest BCUT2D eigenvalue weighted by Gasteiger charge is 2.22. The first-order chi connectivity index (χ1) is 14.7. The number of aliphatic hydroxyl groups excluding tert-OH is 1. The molecule has 0 aliphatic heterocycles. The highest BCUT2D eigenvalue weighted by Crippen LogP contribution is 2.37. The van der Waals surface area contributed by atoms with Gasteiger partial charge in [-0.1, -0.05) is 18.2 Å². The molecule has 0 radical (unpaired) electrons. The zero-order valence-corrected chi connectivity index (χ0v) is 19.1. The van der Waals surface area contributed by atoms with E-state index >= 15 is 0 Å². The molecule has 0 bridgehead atoms. The maximum atomic E-state index is 11.9. The van der Waals surface area contributed by atoms with Crippen LogP contribution >= 0.6 is 11.3 Å². The van der Waals surface area contributed by atoms with Crippen molar-refractivity contribution in [2.75, 3.05) is 6.61 Å². The summed E-state index contributed by atoms with van der Waals surface area (Å²) in [6.07, 6.45) is 2.18. The second-order valence-electron chi connectivity index (χ2n) is 7.58. The molecule has 2 N–H and O–H groups in total. The summed E-state index contributed by atoms with van der Waals surface area (Å²) in [4.78, 5) is 5.27. The maximum absolute atomic E-state index is 11.9. The molecule has 3 heterocycles. The number of pyridine rings is 1. The average Bonchev–Trinajstić information content (AvgIpc) is 3.26. The predicted octanol–water partition coefficient (Wildman–Crippen LogP) is 3.91. The van der Waals surface area contributed by atoms with E-state index in [1.807, 2.05) is 49.0 Å². The van der Waals surface area contributed by atoms with E-state index in [1.165, 1.54) is 0 Å². The third-order valence-electron chi connectivity index (χ3n) is 5.19. The summed E-state index contributed by atoms with van der Waals surface area (Å²) in [6, 6.07) is 9.49. The topological polar surface area (TPSA) is 105 Å². The molecule has 9 heteroatoms. The van der Waals surface area contributed by atoms with Gasteiger partial charge < -0.3 is 5.11 Å². The minimum absolute atomic E-state index is 0.0739. The lowest BCUT2D eigenvalue weighted by Crippen LogP contribution is -2.04. The molecular formula is C22H23N3O4S2. The Kier molecular flexibility index (Phi) is 5.69. The van der Waals surface area contributed by atoms with Crippen LogP contribution in [0.5, 0.6) is 0 Å². The van der Waals surface area contributed by atoms with E-state index in [4.69, 9.17) is 0 Å². The lowest BCUT2D eigenvalue weighted by atomic mass is 9.97. The van der Waals surface area contributed by atoms with E-state index in [0.717, 1.165) is 49.6 Å². The first kappa shape index (κ1) is 21.6. The number of rotatable bonds is 6. The van der Waals surface area contributed by atoms with Crippen molar-refractivity contribution in [1.29, 1.82) is 0 Å². The highest BCUT2D eigenvalue weighted by molar-refractivity contribution is 7.88. The van der Waals surface area contributed by atoms with Crippen molar-refractivity contribution in [3.63, 3.8) is 0 Å². The summed E-state index contributed by atoms with van der Waals surface area (Å²) in [5.74, 6) is 0. The predicted molar refractivity (Wildman–Crippen MR) is 121 cm³/mol. The van der Waals surface area contributed by atoms with Crippen molar-refractivity contribution in [2.24, 2.45) is 0 Å². The molecule has 7 nitrogen and oxygen atoms in total. The molecule has 31 heavy (non-hydrogen) atoms. The van der Waals surface area contributed by atoms with Crippen LogP contribution in [-0.2, 0) is 23.1 Å². The molecule has 0 aliphatic rings. The molecule has 1 aromatic carbocycles. The number of aryl methyl sites for hydroxylation is 3. The minimum Gasteiger partial charge on any atom is -0.396 e. The molecule has 0 fully saturated rings. The Morgan fingerprint density at radius 3 is 2.58 bits per heavy atom. The molecule has 0 spiro atoms. The van der Waals surface area contributed by atoms with Crippen molar-refractivity contribution in [2.45, 2.75) is 37.9 Å². The van der Waals surface area contributed by atoms with Gasteiger partial charge in [0, 0.05) is 33.8 Å². The molecular weight excluding hydrogens is 434 g/mol. The van der Waals surface area contributed by atoms with Gasteiger partial charge in [-0.15, -0.1) is 11.3 Å². The lowest BCUT2D eigenvalue weighted by molar-refractivity contribution is 0.299. The van der Waals surface area contributed by atoms with Gasteiger partial charge in [0.1, 0.15) is 0 Å². The van der Waals surface area contributed by atoms with Crippen LogP contribution in [0.15, 0.2) is 40.7 Å². The molecule has 3 aromatic heterocycles. The highest BCUT2D eigenvalue weighted by atomic mass is 32.3. The Bertz CT molecular complexity index is 1390. The van der Waals surface area contributed by atoms with E-state index in [2.05, 4.69) is 10.1 Å². The molecule has 0 saturated heterocycles. The number of thiophene rings is 1. The monoisotopic (exact) mass is 457 g/mol. The van der Waals surface area contributed by atoms with Gasteiger partial charge in [-0.2, -0.15) is 13.5 Å². The van der Waals surface area contributed by atoms with Crippen LogP contribution in [0.3, 0.4) is 0 Å². The second-order valence-corrected chi connectivity index (χ2v) is 10.5. The summed E-state index contributed by atoms with van der Waals surface area (Å²) in [5, 5.41) is 15.1. The number of fused-ring (bicyclic) bond motifs is 1. The van der Waals surface area contributed by atoms with Gasteiger partial charge in [-0.05, 0) is 56.0 Å². The summed E-state index contributed by atoms with van der Waals surface area (Å²) < 4.78 is 35.2. The molecule has 0 atom stereocenters. The molecule has 0 unspecified atom stereocenters. The molecule has 4 aromatic rings. The Morgan fingerprint density at radius 1 is 1.10 bits per heavy atom. The van der Waals surface area contributed by atoms with Gasteiger partial charge in [-0.3, -0.25) is 14.2 Å². The first-order valence-corrected chi connectivity index (χ1v) is 12.0. The second kappa shape index (κ2) is 8.16. The van der Waals surface area contributed by atoms with Gasteiger partial charge in [0.05, 0.1) is 18.3 Å². The van der Waals surface area contributed by atoms with Crippen molar-refractivity contribution in [1.82, 2.24) is 14.8 Å². The SMILES string of the molecule is Cc1cc2c(cnn2Cc2ccc(-c3cc(C)sc3S(=O)(=O)O)c(CCO)c2)c(C)n1. The van der Waals surface area contributed by atoms with Crippen LogP contribution in [0, 0.1) is 20.8 Å². The van der Waals surface area contributed by atoms with E-state index in [0.29, 0.717) is 24.1 Å². The van der Waals surface area contributed by atoms with Crippen molar-refractivity contribution in [3.05, 3.63) is 63.9 Å². The molecule has 0 amide bonds. The molecule has 0 aliphatic carbocycles. The fraction of sp³-hybridized carbons (Fsp3) is 0.273. The quantitative estimate of drug-likeness (QED) is 0.425.